The number of carbonyl (C=O) groups excluding carboxylic acids is 1. The van der Waals surface area contributed by atoms with E-state index in [4.69, 9.17) is 17.3 Å². The molecule has 0 fully saturated rings. The average molecular weight is 354 g/mol. The van der Waals surface area contributed by atoms with Crippen LogP contribution in [-0.2, 0) is 6.54 Å². The number of nitrogens with zero attached hydrogens (tertiary/aromatic N) is 1. The van der Waals surface area contributed by atoms with Crippen LogP contribution in [0, 0.1) is 0 Å². The van der Waals surface area contributed by atoms with Crippen LogP contribution in [0.1, 0.15) is 15.9 Å². The van der Waals surface area contributed by atoms with Crippen LogP contribution < -0.4 is 5.73 Å². The molecular formula is C15H14BrClN2O. The van der Waals surface area contributed by atoms with Crippen molar-refractivity contribution < 1.29 is 4.79 Å². The average Bonchev–Trinajstić information content (AvgIpc) is 2.43. The van der Waals surface area contributed by atoms with Gasteiger partial charge in [-0.1, -0.05) is 45.7 Å². The van der Waals surface area contributed by atoms with Crippen LogP contribution in [0.5, 0.6) is 0 Å². The van der Waals surface area contributed by atoms with Gasteiger partial charge in [-0.3, -0.25) is 4.79 Å². The lowest BCUT2D eigenvalue weighted by Crippen LogP contribution is -2.27. The Morgan fingerprint density at radius 2 is 2.00 bits per heavy atom. The number of nitrogens with two attached hydrogens (primary N) is 1. The predicted molar refractivity (Wildman–Crippen MR) is 85.8 cm³/mol. The van der Waals surface area contributed by atoms with E-state index in [1.807, 2.05) is 24.3 Å². The fourth-order valence-corrected chi connectivity index (χ4v) is 2.46. The van der Waals surface area contributed by atoms with Crippen molar-refractivity contribution in [1.82, 2.24) is 4.90 Å². The second-order valence-electron chi connectivity index (χ2n) is 4.48. The fraction of sp³-hybridized carbons (Fsp3) is 0.133. The quantitative estimate of drug-likeness (QED) is 0.849. The van der Waals surface area contributed by atoms with E-state index in [-0.39, 0.29) is 5.91 Å². The minimum atomic E-state index is -0.152. The summed E-state index contributed by atoms with van der Waals surface area (Å²) >= 11 is 9.39. The van der Waals surface area contributed by atoms with E-state index in [0.717, 1.165) is 10.0 Å². The fourth-order valence-electron chi connectivity index (χ4n) is 1.87. The maximum atomic E-state index is 12.4. The molecule has 5 heteroatoms. The molecule has 0 heterocycles. The molecule has 0 unspecified atom stereocenters. The zero-order valence-corrected chi connectivity index (χ0v) is 13.3. The van der Waals surface area contributed by atoms with Crippen molar-refractivity contribution in [3.63, 3.8) is 0 Å². The van der Waals surface area contributed by atoms with Crippen molar-refractivity contribution in [2.45, 2.75) is 6.54 Å². The highest BCUT2D eigenvalue weighted by Gasteiger charge is 2.16. The van der Waals surface area contributed by atoms with Crippen LogP contribution in [0.15, 0.2) is 46.9 Å². The smallest absolute Gasteiger partial charge is 0.256 e. The molecule has 2 rings (SSSR count). The van der Waals surface area contributed by atoms with Gasteiger partial charge in [0.15, 0.2) is 0 Å². The largest absolute Gasteiger partial charge is 0.398 e. The van der Waals surface area contributed by atoms with E-state index < -0.39 is 0 Å². The van der Waals surface area contributed by atoms with Gasteiger partial charge in [-0.05, 0) is 29.8 Å². The summed E-state index contributed by atoms with van der Waals surface area (Å²) in [5.41, 5.74) is 7.72. The molecular weight excluding hydrogens is 340 g/mol. The molecule has 2 N–H and O–H groups in total. The van der Waals surface area contributed by atoms with Gasteiger partial charge in [0.2, 0.25) is 0 Å². The maximum Gasteiger partial charge on any atom is 0.256 e. The number of amides is 1. The van der Waals surface area contributed by atoms with E-state index in [1.54, 1.807) is 30.1 Å². The summed E-state index contributed by atoms with van der Waals surface area (Å²) in [6.07, 6.45) is 0. The van der Waals surface area contributed by atoms with Gasteiger partial charge in [0, 0.05) is 28.8 Å². The molecule has 0 saturated carbocycles. The number of halogens is 2. The van der Waals surface area contributed by atoms with Crippen molar-refractivity contribution in [1.29, 1.82) is 0 Å². The van der Waals surface area contributed by atoms with Crippen molar-refractivity contribution in [2.75, 3.05) is 12.8 Å². The number of nitrogen functional groups attached to an aromatic ring is 1. The number of anilines is 1. The van der Waals surface area contributed by atoms with E-state index in [2.05, 4.69) is 15.9 Å². The van der Waals surface area contributed by atoms with Crippen molar-refractivity contribution >= 4 is 39.1 Å². The Labute approximate surface area is 131 Å². The standard InChI is InChI=1S/C15H14BrClN2O/c1-19(9-10-4-2-3-5-13(10)16)15(20)12-8-11(17)6-7-14(12)18/h2-8H,9,18H2,1H3. The Bertz CT molecular complexity index is 646. The van der Waals surface area contributed by atoms with Crippen molar-refractivity contribution in [3.8, 4) is 0 Å². The Kier molecular flexibility index (Phi) is 4.68. The van der Waals surface area contributed by atoms with Crippen LogP contribution >= 0.6 is 27.5 Å². The third-order valence-corrected chi connectivity index (χ3v) is 3.97. The first-order valence-corrected chi connectivity index (χ1v) is 7.20. The van der Waals surface area contributed by atoms with Gasteiger partial charge in [0.05, 0.1) is 5.56 Å². The number of rotatable bonds is 3. The highest BCUT2D eigenvalue weighted by atomic mass is 79.9. The molecule has 104 valence electrons. The third-order valence-electron chi connectivity index (χ3n) is 2.96. The van der Waals surface area contributed by atoms with Gasteiger partial charge in [0.25, 0.3) is 5.91 Å². The lowest BCUT2D eigenvalue weighted by Gasteiger charge is -2.19. The summed E-state index contributed by atoms with van der Waals surface area (Å²) in [5, 5.41) is 0.497. The van der Waals surface area contributed by atoms with E-state index >= 15 is 0 Å². The molecule has 2 aromatic rings. The number of hydrogen-bond donors (Lipinski definition) is 1. The molecule has 0 atom stereocenters. The second kappa shape index (κ2) is 6.29. The van der Waals surface area contributed by atoms with Gasteiger partial charge >= 0.3 is 0 Å². The monoisotopic (exact) mass is 352 g/mol. The molecule has 0 saturated heterocycles. The first kappa shape index (κ1) is 14.9. The maximum absolute atomic E-state index is 12.4. The summed E-state index contributed by atoms with van der Waals surface area (Å²) in [4.78, 5) is 14.0. The lowest BCUT2D eigenvalue weighted by atomic mass is 10.1. The molecule has 2 aromatic carbocycles. The summed E-state index contributed by atoms with van der Waals surface area (Å²) in [7, 11) is 1.74. The lowest BCUT2D eigenvalue weighted by molar-refractivity contribution is 0.0786. The molecule has 0 aliphatic rings. The van der Waals surface area contributed by atoms with E-state index in [1.165, 1.54) is 0 Å². The van der Waals surface area contributed by atoms with Crippen LogP contribution in [0.3, 0.4) is 0 Å². The summed E-state index contributed by atoms with van der Waals surface area (Å²) < 4.78 is 0.971. The molecule has 0 spiro atoms. The molecule has 3 nitrogen and oxygen atoms in total. The predicted octanol–water partition coefficient (Wildman–Crippen LogP) is 3.96. The van der Waals surface area contributed by atoms with E-state index in [9.17, 15) is 4.79 Å². The highest BCUT2D eigenvalue weighted by Crippen LogP contribution is 2.22. The summed E-state index contributed by atoms with van der Waals surface area (Å²) in [6, 6.07) is 12.7. The Hall–Kier alpha value is -1.52. The summed E-state index contributed by atoms with van der Waals surface area (Å²) in [5.74, 6) is -0.152. The molecule has 20 heavy (non-hydrogen) atoms. The number of benzene rings is 2. The van der Waals surface area contributed by atoms with Crippen LogP contribution in [0.2, 0.25) is 5.02 Å². The molecule has 0 aliphatic heterocycles. The van der Waals surface area contributed by atoms with Crippen LogP contribution in [-0.4, -0.2) is 17.9 Å². The normalized spacial score (nSPS) is 10.3. The van der Waals surface area contributed by atoms with Gasteiger partial charge in [-0.15, -0.1) is 0 Å². The first-order valence-electron chi connectivity index (χ1n) is 6.03. The SMILES string of the molecule is CN(Cc1ccccc1Br)C(=O)c1cc(Cl)ccc1N. The van der Waals surface area contributed by atoms with E-state index in [0.29, 0.717) is 22.8 Å². The highest BCUT2D eigenvalue weighted by molar-refractivity contribution is 9.10. The molecule has 0 bridgehead atoms. The van der Waals surface area contributed by atoms with Crippen molar-refractivity contribution in [2.24, 2.45) is 0 Å². The topological polar surface area (TPSA) is 46.3 Å². The van der Waals surface area contributed by atoms with Gasteiger partial charge in [0.1, 0.15) is 0 Å². The minimum Gasteiger partial charge on any atom is -0.398 e. The first-order chi connectivity index (χ1) is 9.49. The third kappa shape index (κ3) is 3.32. The zero-order chi connectivity index (χ0) is 14.7. The second-order valence-corrected chi connectivity index (χ2v) is 5.77. The molecule has 0 radical (unpaired) electrons. The Balaban J connectivity index is 2.21. The van der Waals surface area contributed by atoms with Gasteiger partial charge < -0.3 is 10.6 Å². The minimum absolute atomic E-state index is 0.152. The Morgan fingerprint density at radius 1 is 1.30 bits per heavy atom. The number of carbonyl (C=O) groups is 1. The van der Waals surface area contributed by atoms with Crippen molar-refractivity contribution in [3.05, 3.63) is 63.1 Å². The molecule has 0 aromatic heterocycles. The zero-order valence-electron chi connectivity index (χ0n) is 10.9. The van der Waals surface area contributed by atoms with Gasteiger partial charge in [-0.2, -0.15) is 0 Å². The molecule has 1 amide bonds. The summed E-state index contributed by atoms with van der Waals surface area (Å²) in [6.45, 7) is 0.492. The van der Waals surface area contributed by atoms with Gasteiger partial charge in [-0.25, -0.2) is 0 Å². The number of hydrogen-bond acceptors (Lipinski definition) is 2. The van der Waals surface area contributed by atoms with Crippen LogP contribution in [0.4, 0.5) is 5.69 Å². The van der Waals surface area contributed by atoms with Crippen LogP contribution in [0.25, 0.3) is 0 Å². The Morgan fingerprint density at radius 3 is 2.70 bits per heavy atom. The molecule has 0 aliphatic carbocycles.